The van der Waals surface area contributed by atoms with Gasteiger partial charge in [0.25, 0.3) is 0 Å². The van der Waals surface area contributed by atoms with Crippen molar-refractivity contribution in [3.63, 3.8) is 0 Å². The molecule has 1 fully saturated rings. The smallest absolute Gasteiger partial charge is 0.0642 e. The Labute approximate surface area is 87.5 Å². The minimum atomic E-state index is 0.503. The molecule has 14 heavy (non-hydrogen) atoms. The number of hydrogen-bond acceptors (Lipinski definition) is 1. The lowest BCUT2D eigenvalue weighted by Gasteiger charge is -2.43. The molecule has 80 valence electrons. The summed E-state index contributed by atoms with van der Waals surface area (Å²) in [5.41, 5.74) is 1.58. The number of ether oxygens (including phenoxy) is 1. The first-order valence-corrected chi connectivity index (χ1v) is 6.00. The standard InChI is InChI=1S/C13H22O/c1-4-14-13-7-10(3)11-6-5-9(2)12(13)8-11/h5,10-13H,4,6-8H2,1-3H3. The third kappa shape index (κ3) is 1.75. The molecule has 2 aliphatic rings. The molecule has 2 bridgehead atoms. The van der Waals surface area contributed by atoms with Crippen molar-refractivity contribution in [3.8, 4) is 0 Å². The van der Waals surface area contributed by atoms with Crippen LogP contribution in [-0.2, 0) is 4.74 Å². The van der Waals surface area contributed by atoms with Crippen LogP contribution in [-0.4, -0.2) is 12.7 Å². The van der Waals surface area contributed by atoms with Crippen LogP contribution in [0.1, 0.15) is 40.0 Å². The van der Waals surface area contributed by atoms with E-state index in [1.807, 2.05) is 0 Å². The highest BCUT2D eigenvalue weighted by molar-refractivity contribution is 5.13. The van der Waals surface area contributed by atoms with Crippen molar-refractivity contribution < 1.29 is 4.74 Å². The van der Waals surface area contributed by atoms with Crippen molar-refractivity contribution in [2.45, 2.75) is 46.1 Å². The monoisotopic (exact) mass is 194 g/mol. The summed E-state index contributed by atoms with van der Waals surface area (Å²) in [5, 5.41) is 0. The van der Waals surface area contributed by atoms with E-state index in [1.165, 1.54) is 19.3 Å². The third-order valence-electron chi connectivity index (χ3n) is 4.12. The molecule has 0 radical (unpaired) electrons. The normalized spacial score (nSPS) is 42.1. The third-order valence-corrected chi connectivity index (χ3v) is 4.12. The lowest BCUT2D eigenvalue weighted by Crippen LogP contribution is -2.38. The highest BCUT2D eigenvalue weighted by atomic mass is 16.5. The summed E-state index contributed by atoms with van der Waals surface area (Å²) in [7, 11) is 0. The Kier molecular flexibility index (Phi) is 2.96. The van der Waals surface area contributed by atoms with Gasteiger partial charge in [-0.3, -0.25) is 0 Å². The molecule has 4 unspecified atom stereocenters. The van der Waals surface area contributed by atoms with Gasteiger partial charge in [0, 0.05) is 12.5 Å². The zero-order valence-corrected chi connectivity index (χ0v) is 9.62. The first-order valence-electron chi connectivity index (χ1n) is 6.00. The van der Waals surface area contributed by atoms with E-state index in [1.54, 1.807) is 5.57 Å². The molecule has 0 N–H and O–H groups in total. The topological polar surface area (TPSA) is 9.23 Å². The maximum Gasteiger partial charge on any atom is 0.0642 e. The highest BCUT2D eigenvalue weighted by Crippen LogP contribution is 2.44. The van der Waals surface area contributed by atoms with E-state index in [-0.39, 0.29) is 0 Å². The van der Waals surface area contributed by atoms with Crippen LogP contribution in [0.25, 0.3) is 0 Å². The Hall–Kier alpha value is -0.300. The van der Waals surface area contributed by atoms with E-state index in [2.05, 4.69) is 26.8 Å². The van der Waals surface area contributed by atoms with E-state index in [4.69, 9.17) is 4.74 Å². The summed E-state index contributed by atoms with van der Waals surface area (Å²) in [6.45, 7) is 7.65. The predicted octanol–water partition coefficient (Wildman–Crippen LogP) is 3.40. The van der Waals surface area contributed by atoms with Crippen molar-refractivity contribution in [2.24, 2.45) is 17.8 Å². The largest absolute Gasteiger partial charge is 0.378 e. The number of rotatable bonds is 2. The van der Waals surface area contributed by atoms with Gasteiger partial charge in [-0.2, -0.15) is 0 Å². The summed E-state index contributed by atoms with van der Waals surface area (Å²) in [4.78, 5) is 0. The van der Waals surface area contributed by atoms with E-state index in [0.717, 1.165) is 24.4 Å². The molecule has 2 rings (SSSR count). The number of hydrogen-bond donors (Lipinski definition) is 0. The van der Waals surface area contributed by atoms with E-state index in [0.29, 0.717) is 6.10 Å². The van der Waals surface area contributed by atoms with Crippen molar-refractivity contribution in [2.75, 3.05) is 6.61 Å². The molecular weight excluding hydrogens is 172 g/mol. The van der Waals surface area contributed by atoms with Gasteiger partial charge >= 0.3 is 0 Å². The molecular formula is C13H22O. The summed E-state index contributed by atoms with van der Waals surface area (Å²) in [5.74, 6) is 2.51. The maximum atomic E-state index is 5.87. The molecule has 1 heteroatoms. The molecule has 0 aromatic rings. The van der Waals surface area contributed by atoms with Crippen LogP contribution in [0, 0.1) is 17.8 Å². The fourth-order valence-corrected chi connectivity index (χ4v) is 3.13. The molecule has 0 heterocycles. The molecule has 0 saturated heterocycles. The predicted molar refractivity (Wildman–Crippen MR) is 59.2 cm³/mol. The van der Waals surface area contributed by atoms with Crippen LogP contribution in [0.15, 0.2) is 11.6 Å². The molecule has 0 aromatic carbocycles. The molecule has 1 nitrogen and oxygen atoms in total. The molecule has 4 atom stereocenters. The quantitative estimate of drug-likeness (QED) is 0.612. The summed E-state index contributed by atoms with van der Waals surface area (Å²) in [6.07, 6.45) is 6.90. The van der Waals surface area contributed by atoms with E-state index in [9.17, 15) is 0 Å². The average molecular weight is 194 g/mol. The van der Waals surface area contributed by atoms with Crippen LogP contribution in [0.4, 0.5) is 0 Å². The molecule has 0 spiro atoms. The molecule has 2 aliphatic carbocycles. The van der Waals surface area contributed by atoms with Gasteiger partial charge in [-0.1, -0.05) is 18.6 Å². The van der Waals surface area contributed by atoms with Gasteiger partial charge in [-0.25, -0.2) is 0 Å². The van der Waals surface area contributed by atoms with Crippen LogP contribution in [0.3, 0.4) is 0 Å². The highest BCUT2D eigenvalue weighted by Gasteiger charge is 2.37. The van der Waals surface area contributed by atoms with Gasteiger partial charge in [0.2, 0.25) is 0 Å². The second-order valence-corrected chi connectivity index (χ2v) is 4.99. The van der Waals surface area contributed by atoms with E-state index < -0.39 is 0 Å². The minimum Gasteiger partial charge on any atom is -0.378 e. The summed E-state index contributed by atoms with van der Waals surface area (Å²) >= 11 is 0. The minimum absolute atomic E-state index is 0.503. The molecule has 0 aromatic heterocycles. The SMILES string of the molecule is CCOC1CC(C)C2CC=C(C)C1C2. The van der Waals surface area contributed by atoms with E-state index >= 15 is 0 Å². The Bertz CT molecular complexity index is 231. The van der Waals surface area contributed by atoms with Crippen LogP contribution >= 0.6 is 0 Å². The lowest BCUT2D eigenvalue weighted by molar-refractivity contribution is -0.0272. The van der Waals surface area contributed by atoms with Gasteiger partial charge in [0.1, 0.15) is 0 Å². The van der Waals surface area contributed by atoms with Crippen molar-refractivity contribution in [1.29, 1.82) is 0 Å². The Morgan fingerprint density at radius 1 is 1.43 bits per heavy atom. The first kappa shape index (κ1) is 10.2. The first-order chi connectivity index (χ1) is 6.72. The summed E-state index contributed by atoms with van der Waals surface area (Å²) < 4.78 is 5.87. The van der Waals surface area contributed by atoms with Gasteiger partial charge in [0.15, 0.2) is 0 Å². The van der Waals surface area contributed by atoms with Gasteiger partial charge in [-0.15, -0.1) is 0 Å². The number of allylic oxidation sites excluding steroid dienone is 1. The second-order valence-electron chi connectivity index (χ2n) is 4.99. The Balaban J connectivity index is 2.12. The van der Waals surface area contributed by atoms with Crippen LogP contribution in [0.5, 0.6) is 0 Å². The zero-order valence-electron chi connectivity index (χ0n) is 9.62. The second kappa shape index (κ2) is 4.06. The molecule has 0 aliphatic heterocycles. The van der Waals surface area contributed by atoms with Gasteiger partial charge < -0.3 is 4.74 Å². The molecule has 1 saturated carbocycles. The van der Waals surface area contributed by atoms with Gasteiger partial charge in [-0.05, 0) is 44.9 Å². The van der Waals surface area contributed by atoms with Crippen molar-refractivity contribution in [1.82, 2.24) is 0 Å². The van der Waals surface area contributed by atoms with Crippen LogP contribution < -0.4 is 0 Å². The number of fused-ring (bicyclic) bond motifs is 2. The maximum absolute atomic E-state index is 5.87. The Morgan fingerprint density at radius 3 is 2.93 bits per heavy atom. The fraction of sp³-hybridized carbons (Fsp3) is 0.846. The average Bonchev–Trinajstić information content (AvgIpc) is 2.17. The Morgan fingerprint density at radius 2 is 2.21 bits per heavy atom. The molecule has 0 amide bonds. The lowest BCUT2D eigenvalue weighted by atomic mass is 9.66. The van der Waals surface area contributed by atoms with Crippen molar-refractivity contribution in [3.05, 3.63) is 11.6 Å². The van der Waals surface area contributed by atoms with Gasteiger partial charge in [0.05, 0.1) is 6.10 Å². The van der Waals surface area contributed by atoms with Crippen molar-refractivity contribution >= 4 is 0 Å². The fourth-order valence-electron chi connectivity index (χ4n) is 3.13. The zero-order chi connectivity index (χ0) is 10.1. The summed E-state index contributed by atoms with van der Waals surface area (Å²) in [6, 6.07) is 0. The van der Waals surface area contributed by atoms with Crippen LogP contribution in [0.2, 0.25) is 0 Å².